The Labute approximate surface area is 105 Å². The summed E-state index contributed by atoms with van der Waals surface area (Å²) in [5.74, 6) is 2.69. The van der Waals surface area contributed by atoms with E-state index in [1.54, 1.807) is 0 Å². The van der Waals surface area contributed by atoms with E-state index in [1.165, 1.54) is 43.9 Å². The maximum Gasteiger partial charge on any atom is 0.0224 e. The predicted molar refractivity (Wildman–Crippen MR) is 73.2 cm³/mol. The highest BCUT2D eigenvalue weighted by Gasteiger charge is 2.36. The van der Waals surface area contributed by atoms with Crippen LogP contribution < -0.4 is 5.32 Å². The molecule has 2 nitrogen and oxygen atoms in total. The first-order valence-corrected chi connectivity index (χ1v) is 7.76. The Bertz CT molecular complexity index is 230. The molecule has 94 valence electrons. The van der Waals surface area contributed by atoms with Crippen molar-refractivity contribution in [3.8, 4) is 0 Å². The summed E-state index contributed by atoms with van der Waals surface area (Å²) in [4.78, 5) is 2.78. The smallest absolute Gasteiger partial charge is 0.0224 e. The number of nitrogens with one attached hydrogen (secondary N) is 1. The molecule has 0 aromatic carbocycles. The van der Waals surface area contributed by atoms with Crippen LogP contribution in [0.15, 0.2) is 0 Å². The van der Waals surface area contributed by atoms with E-state index in [2.05, 4.69) is 42.9 Å². The molecule has 0 aromatic heterocycles. The summed E-state index contributed by atoms with van der Waals surface area (Å²) in [6, 6.07) is 1.62. The highest BCUT2D eigenvalue weighted by Crippen LogP contribution is 2.37. The minimum Gasteiger partial charge on any atom is -0.318 e. The van der Waals surface area contributed by atoms with E-state index < -0.39 is 0 Å². The number of nitrogens with zero attached hydrogens (tertiary/aromatic N) is 1. The van der Waals surface area contributed by atoms with Crippen LogP contribution in [0.4, 0.5) is 0 Å². The van der Waals surface area contributed by atoms with Gasteiger partial charge in [-0.3, -0.25) is 4.90 Å². The maximum atomic E-state index is 3.35. The molecule has 0 saturated carbocycles. The Morgan fingerprint density at radius 2 is 2.25 bits per heavy atom. The van der Waals surface area contributed by atoms with Crippen LogP contribution in [0, 0.1) is 5.41 Å². The van der Waals surface area contributed by atoms with Gasteiger partial charge in [0.05, 0.1) is 0 Å². The zero-order valence-electron chi connectivity index (χ0n) is 11.0. The number of thioether (sulfide) groups is 1. The average Bonchev–Trinajstić information content (AvgIpc) is 2.65. The molecule has 3 heteroatoms. The van der Waals surface area contributed by atoms with Crippen LogP contribution in [-0.2, 0) is 0 Å². The Kier molecular flexibility index (Phi) is 4.20. The van der Waals surface area contributed by atoms with E-state index in [9.17, 15) is 0 Å². The van der Waals surface area contributed by atoms with Crippen LogP contribution in [0.3, 0.4) is 0 Å². The van der Waals surface area contributed by atoms with Crippen molar-refractivity contribution in [1.82, 2.24) is 10.2 Å². The fourth-order valence-corrected chi connectivity index (χ4v) is 4.60. The van der Waals surface area contributed by atoms with E-state index in [0.29, 0.717) is 5.41 Å². The molecule has 2 atom stereocenters. The van der Waals surface area contributed by atoms with Crippen molar-refractivity contribution in [2.45, 2.75) is 45.2 Å². The van der Waals surface area contributed by atoms with Gasteiger partial charge < -0.3 is 5.32 Å². The van der Waals surface area contributed by atoms with E-state index >= 15 is 0 Å². The molecule has 0 bridgehead atoms. The summed E-state index contributed by atoms with van der Waals surface area (Å²) in [5, 5.41) is 3.35. The summed E-state index contributed by atoms with van der Waals surface area (Å²) in [5.41, 5.74) is 0.542. The second kappa shape index (κ2) is 5.28. The van der Waals surface area contributed by atoms with Gasteiger partial charge in [-0.25, -0.2) is 0 Å². The molecule has 2 aliphatic heterocycles. The van der Waals surface area contributed by atoms with E-state index in [1.807, 2.05) is 0 Å². The molecular weight excluding hydrogens is 216 g/mol. The third kappa shape index (κ3) is 2.93. The zero-order valence-corrected chi connectivity index (χ0v) is 11.8. The average molecular weight is 242 g/mol. The van der Waals surface area contributed by atoms with Crippen molar-refractivity contribution in [3.63, 3.8) is 0 Å². The van der Waals surface area contributed by atoms with Crippen molar-refractivity contribution >= 4 is 11.8 Å². The normalized spacial score (nSPS) is 35.4. The summed E-state index contributed by atoms with van der Waals surface area (Å²) >= 11 is 2.15. The van der Waals surface area contributed by atoms with Crippen LogP contribution in [0.5, 0.6) is 0 Å². The molecule has 0 aromatic rings. The first-order valence-electron chi connectivity index (χ1n) is 6.60. The fraction of sp³-hybridized carbons (Fsp3) is 1.00. The number of rotatable bonds is 3. The van der Waals surface area contributed by atoms with Crippen LogP contribution in [0.1, 0.15) is 33.1 Å². The van der Waals surface area contributed by atoms with Gasteiger partial charge in [0.2, 0.25) is 0 Å². The lowest BCUT2D eigenvalue weighted by atomic mass is 9.87. The molecule has 0 amide bonds. The third-order valence-electron chi connectivity index (χ3n) is 3.92. The summed E-state index contributed by atoms with van der Waals surface area (Å²) in [7, 11) is 2.08. The molecule has 2 aliphatic rings. The highest BCUT2D eigenvalue weighted by atomic mass is 32.2. The lowest BCUT2D eigenvalue weighted by Crippen LogP contribution is -2.48. The molecule has 2 unspecified atom stereocenters. The number of hydrogen-bond donors (Lipinski definition) is 1. The van der Waals surface area contributed by atoms with Crippen LogP contribution in [0.2, 0.25) is 0 Å². The fourth-order valence-electron chi connectivity index (χ4n) is 3.23. The molecule has 0 radical (unpaired) electrons. The SMILES string of the molecule is CNCC1CCCN1C1CSCC(C)(C)C1. The van der Waals surface area contributed by atoms with Crippen molar-refractivity contribution in [2.75, 3.05) is 31.6 Å². The van der Waals surface area contributed by atoms with Gasteiger partial charge in [-0.2, -0.15) is 11.8 Å². The predicted octanol–water partition coefficient (Wildman–Crippen LogP) is 2.20. The van der Waals surface area contributed by atoms with Crippen LogP contribution in [0.25, 0.3) is 0 Å². The molecule has 2 fully saturated rings. The Morgan fingerprint density at radius 1 is 1.44 bits per heavy atom. The molecule has 16 heavy (non-hydrogen) atoms. The maximum absolute atomic E-state index is 3.35. The van der Waals surface area contributed by atoms with E-state index in [4.69, 9.17) is 0 Å². The van der Waals surface area contributed by atoms with Crippen molar-refractivity contribution in [1.29, 1.82) is 0 Å². The van der Waals surface area contributed by atoms with E-state index in [0.717, 1.165) is 12.1 Å². The minimum absolute atomic E-state index is 0.542. The molecule has 1 N–H and O–H groups in total. The van der Waals surface area contributed by atoms with E-state index in [-0.39, 0.29) is 0 Å². The zero-order chi connectivity index (χ0) is 11.6. The minimum atomic E-state index is 0.542. The summed E-state index contributed by atoms with van der Waals surface area (Å²) in [6.07, 6.45) is 4.18. The molecule has 0 aliphatic carbocycles. The van der Waals surface area contributed by atoms with Crippen LogP contribution in [-0.4, -0.2) is 48.6 Å². The van der Waals surface area contributed by atoms with Crippen LogP contribution >= 0.6 is 11.8 Å². The van der Waals surface area contributed by atoms with Crippen molar-refractivity contribution in [2.24, 2.45) is 5.41 Å². The van der Waals surface area contributed by atoms with Gasteiger partial charge in [0, 0.05) is 24.4 Å². The van der Waals surface area contributed by atoms with Gasteiger partial charge in [0.15, 0.2) is 0 Å². The lowest BCUT2D eigenvalue weighted by molar-refractivity contribution is 0.146. The summed E-state index contributed by atoms with van der Waals surface area (Å²) in [6.45, 7) is 7.35. The molecular formula is C13H26N2S. The second-order valence-electron chi connectivity index (χ2n) is 6.13. The molecule has 2 saturated heterocycles. The van der Waals surface area contributed by atoms with Gasteiger partial charge in [0.1, 0.15) is 0 Å². The van der Waals surface area contributed by atoms with Gasteiger partial charge in [-0.1, -0.05) is 13.8 Å². The Balaban J connectivity index is 1.95. The van der Waals surface area contributed by atoms with Gasteiger partial charge >= 0.3 is 0 Å². The number of likely N-dealkylation sites (tertiary alicyclic amines) is 1. The lowest BCUT2D eigenvalue weighted by Gasteiger charge is -2.41. The Morgan fingerprint density at radius 3 is 2.94 bits per heavy atom. The standard InChI is InChI=1S/C13H26N2S/c1-13(2)7-12(9-16-10-13)15-6-4-5-11(15)8-14-3/h11-12,14H,4-10H2,1-3H3. The second-order valence-corrected chi connectivity index (χ2v) is 7.16. The molecule has 0 spiro atoms. The third-order valence-corrected chi connectivity index (χ3v) is 5.53. The monoisotopic (exact) mass is 242 g/mol. The quantitative estimate of drug-likeness (QED) is 0.817. The van der Waals surface area contributed by atoms with Gasteiger partial charge in [-0.15, -0.1) is 0 Å². The van der Waals surface area contributed by atoms with Gasteiger partial charge in [0.25, 0.3) is 0 Å². The van der Waals surface area contributed by atoms with Crippen molar-refractivity contribution in [3.05, 3.63) is 0 Å². The molecule has 2 heterocycles. The molecule has 2 rings (SSSR count). The highest BCUT2D eigenvalue weighted by molar-refractivity contribution is 7.99. The topological polar surface area (TPSA) is 15.3 Å². The first-order chi connectivity index (χ1) is 7.62. The number of hydrogen-bond acceptors (Lipinski definition) is 3. The first kappa shape index (κ1) is 12.7. The van der Waals surface area contributed by atoms with Gasteiger partial charge in [-0.05, 0) is 44.0 Å². The largest absolute Gasteiger partial charge is 0.318 e. The number of likely N-dealkylation sites (N-methyl/N-ethyl adjacent to an activating group) is 1. The Hall–Kier alpha value is 0.270. The summed E-state index contributed by atoms with van der Waals surface area (Å²) < 4.78 is 0. The van der Waals surface area contributed by atoms with Crippen molar-refractivity contribution < 1.29 is 0 Å².